The number of methoxy groups -OCH3 is 2. The zero-order valence-electron chi connectivity index (χ0n) is 27.5. The first-order chi connectivity index (χ1) is 24.0. The Labute approximate surface area is 299 Å². The van der Waals surface area contributed by atoms with Crippen LogP contribution in [0.5, 0.6) is 11.5 Å². The molecule has 0 spiro atoms. The molecule has 1 amide bonds. The van der Waals surface area contributed by atoms with Crippen molar-refractivity contribution < 1.29 is 43.2 Å². The first-order valence-corrected chi connectivity index (χ1v) is 16.9. The second-order valence-electron chi connectivity index (χ2n) is 12.5. The van der Waals surface area contributed by atoms with Crippen molar-refractivity contribution in [1.82, 2.24) is 4.90 Å². The third-order valence-corrected chi connectivity index (χ3v) is 10.2. The minimum Gasteiger partial charge on any atom is -0.493 e. The monoisotopic (exact) mass is 724 g/mol. The fourth-order valence-corrected chi connectivity index (χ4v) is 7.54. The molecule has 0 aliphatic carbocycles. The summed E-state index contributed by atoms with van der Waals surface area (Å²) in [5.74, 6) is -1.18. The van der Waals surface area contributed by atoms with E-state index in [0.717, 1.165) is 30.7 Å². The number of benzene rings is 3. The highest BCUT2D eigenvalue weighted by Gasteiger charge is 2.37. The van der Waals surface area contributed by atoms with E-state index in [0.29, 0.717) is 46.0 Å². The number of carbonyl (C=O) groups is 2. The third-order valence-electron chi connectivity index (χ3n) is 9.54. The summed E-state index contributed by atoms with van der Waals surface area (Å²) in [5, 5.41) is 20.8. The third kappa shape index (κ3) is 7.60. The van der Waals surface area contributed by atoms with Crippen LogP contribution in [0.25, 0.3) is 0 Å². The van der Waals surface area contributed by atoms with Gasteiger partial charge in [0.1, 0.15) is 22.0 Å². The minimum absolute atomic E-state index is 0.0149. The predicted molar refractivity (Wildman–Crippen MR) is 184 cm³/mol. The molecule has 0 radical (unpaired) electrons. The van der Waals surface area contributed by atoms with Gasteiger partial charge in [-0.2, -0.15) is 0 Å². The van der Waals surface area contributed by atoms with Gasteiger partial charge in [0.2, 0.25) is 12.4 Å². The summed E-state index contributed by atoms with van der Waals surface area (Å²) < 4.78 is 32.4. The minimum atomic E-state index is -1.17. The number of fused-ring (bicyclic) bond motifs is 3. The molecular formula is C37H37Cl2FN3O7+. The molecule has 3 aromatic carbocycles. The fourth-order valence-electron chi connectivity index (χ4n) is 6.93. The van der Waals surface area contributed by atoms with Crippen molar-refractivity contribution in [3.8, 4) is 11.5 Å². The molecule has 262 valence electrons. The number of anilines is 1. The van der Waals surface area contributed by atoms with E-state index in [1.165, 1.54) is 55.8 Å². The Morgan fingerprint density at radius 2 is 1.72 bits per heavy atom. The molecule has 50 heavy (non-hydrogen) atoms. The molecule has 0 unspecified atom stereocenters. The zero-order chi connectivity index (χ0) is 35.5. The van der Waals surface area contributed by atoms with Crippen LogP contribution in [0.4, 0.5) is 14.9 Å². The Hall–Kier alpha value is -4.58. The average Bonchev–Trinajstić information content (AvgIpc) is 3.10. The number of hydrogen-bond donors (Lipinski definition) is 2. The molecule has 3 aliphatic rings. The van der Waals surface area contributed by atoms with E-state index in [1.807, 2.05) is 0 Å². The van der Waals surface area contributed by atoms with Crippen LogP contribution in [-0.4, -0.2) is 67.2 Å². The van der Waals surface area contributed by atoms with Crippen molar-refractivity contribution in [3.63, 3.8) is 0 Å². The number of carboxylic acid groups (broad SMARTS) is 1. The van der Waals surface area contributed by atoms with Crippen LogP contribution in [0.1, 0.15) is 51.4 Å². The molecule has 2 bridgehead atoms. The van der Waals surface area contributed by atoms with Crippen LogP contribution in [0, 0.1) is 11.7 Å². The second kappa shape index (κ2) is 15.1. The summed E-state index contributed by atoms with van der Waals surface area (Å²) in [6.07, 6.45) is 3.72. The summed E-state index contributed by atoms with van der Waals surface area (Å²) in [6.45, 7) is 2.57. The predicted octanol–water partition coefficient (Wildman–Crippen LogP) is 6.98. The molecule has 1 aromatic heterocycles. The fraction of sp³-hybridized carbons (Fsp3) is 0.324. The Bertz CT molecular complexity index is 1880. The van der Waals surface area contributed by atoms with Gasteiger partial charge in [0.15, 0.2) is 11.5 Å². The number of ether oxygens (including phenoxy) is 3. The highest BCUT2D eigenvalue weighted by molar-refractivity contribution is 6.35. The summed E-state index contributed by atoms with van der Waals surface area (Å²) in [5.41, 5.74) is 2.43. The molecule has 7 rings (SSSR count). The highest BCUT2D eigenvalue weighted by atomic mass is 35.5. The van der Waals surface area contributed by atoms with Crippen LogP contribution in [0.2, 0.25) is 10.0 Å². The molecule has 2 atom stereocenters. The number of carbonyl (C=O) groups excluding carboxylic acids is 1. The van der Waals surface area contributed by atoms with Gasteiger partial charge < -0.3 is 19.3 Å². The molecule has 0 saturated carbocycles. The van der Waals surface area contributed by atoms with E-state index in [2.05, 4.69) is 4.90 Å². The molecule has 4 aromatic rings. The number of pyridine rings is 1. The maximum atomic E-state index is 14.5. The lowest BCUT2D eigenvalue weighted by atomic mass is 9.82. The van der Waals surface area contributed by atoms with E-state index in [4.69, 9.17) is 37.4 Å². The zero-order valence-corrected chi connectivity index (χ0v) is 29.0. The number of aromatic carboxylic acids is 1. The van der Waals surface area contributed by atoms with E-state index in [1.54, 1.807) is 36.4 Å². The van der Waals surface area contributed by atoms with Crippen molar-refractivity contribution in [2.75, 3.05) is 38.8 Å². The standard InChI is InChI=1S/C37H36Cl2FN3O7/c1-48-33-9-7-24(15-34(33)49-2)28(17-30-31(38)19-42(47)20-32(30)39)29-14-22(6-8-27(29)36(44)45)18-43(26-5-3-4-25(40)16-26)37(46)50-35-21-41-12-10-23(35)11-13-41/h3-9,14-16,19-20,23,28,35H,10-13,17-18,21H2,1-2H3,(H-,44,45,47)/p+1/t28-,35-/m0/s1. The van der Waals surface area contributed by atoms with Crippen LogP contribution >= 0.6 is 23.2 Å². The number of hydrogen-bond acceptors (Lipinski definition) is 7. The van der Waals surface area contributed by atoms with Gasteiger partial charge in [0.25, 0.3) is 0 Å². The second-order valence-corrected chi connectivity index (χ2v) is 13.4. The smallest absolute Gasteiger partial charge is 0.414 e. The van der Waals surface area contributed by atoms with Gasteiger partial charge in [0, 0.05) is 22.8 Å². The molecule has 13 heteroatoms. The topological polar surface area (TPSA) is 113 Å². The molecule has 10 nitrogen and oxygen atoms in total. The summed E-state index contributed by atoms with van der Waals surface area (Å²) in [7, 11) is 3.02. The summed E-state index contributed by atoms with van der Waals surface area (Å²) in [6, 6.07) is 15.8. The summed E-state index contributed by atoms with van der Waals surface area (Å²) in [4.78, 5) is 30.3. The number of rotatable bonds is 11. The number of halogens is 3. The van der Waals surface area contributed by atoms with E-state index < -0.39 is 23.8 Å². The maximum Gasteiger partial charge on any atom is 0.414 e. The summed E-state index contributed by atoms with van der Waals surface area (Å²) >= 11 is 13.1. The lowest BCUT2D eigenvalue weighted by Gasteiger charge is -2.44. The van der Waals surface area contributed by atoms with Crippen molar-refractivity contribution in [3.05, 3.63) is 117 Å². The van der Waals surface area contributed by atoms with E-state index in [9.17, 15) is 24.3 Å². The Balaban J connectivity index is 1.43. The number of aromatic nitrogens is 1. The van der Waals surface area contributed by atoms with Crippen LogP contribution in [-0.2, 0) is 17.7 Å². The van der Waals surface area contributed by atoms with Gasteiger partial charge in [-0.05, 0) is 91.4 Å². The highest BCUT2D eigenvalue weighted by Crippen LogP contribution is 2.39. The quantitative estimate of drug-likeness (QED) is 0.126. The molecule has 3 fully saturated rings. The SMILES string of the molecule is COc1ccc([C@H](Cc2c(Cl)c[n+](O)cc2Cl)c2cc(CN(C(=O)O[C@H]3CN4CCC3CC4)c3cccc(F)c3)ccc2C(=O)O)cc1OC. The maximum absolute atomic E-state index is 14.5. The van der Waals surface area contributed by atoms with Crippen LogP contribution in [0.3, 0.4) is 0 Å². The van der Waals surface area contributed by atoms with Crippen LogP contribution < -0.4 is 19.1 Å². The van der Waals surface area contributed by atoms with Gasteiger partial charge >= 0.3 is 12.1 Å². The molecule has 3 saturated heterocycles. The number of amides is 1. The lowest BCUT2D eigenvalue weighted by molar-refractivity contribution is -0.904. The lowest BCUT2D eigenvalue weighted by Crippen LogP contribution is -2.53. The first kappa shape index (κ1) is 35.3. The Morgan fingerprint density at radius 1 is 1.00 bits per heavy atom. The Morgan fingerprint density at radius 3 is 2.34 bits per heavy atom. The van der Waals surface area contributed by atoms with Gasteiger partial charge in [0.05, 0.1) is 32.0 Å². The number of nitrogens with zero attached hydrogens (tertiary/aromatic N) is 3. The van der Waals surface area contributed by atoms with Gasteiger partial charge in [-0.25, -0.2) is 14.0 Å². The molecule has 3 aliphatic heterocycles. The molecule has 4 heterocycles. The van der Waals surface area contributed by atoms with Gasteiger partial charge in [-0.15, -0.1) is 0 Å². The van der Waals surface area contributed by atoms with Crippen LogP contribution in [0.15, 0.2) is 73.1 Å². The Kier molecular flexibility index (Phi) is 10.7. The van der Waals surface area contributed by atoms with Crippen molar-refractivity contribution >= 4 is 41.0 Å². The molecular weight excluding hydrogens is 688 g/mol. The van der Waals surface area contributed by atoms with Crippen molar-refractivity contribution in [1.29, 1.82) is 0 Å². The average molecular weight is 726 g/mol. The normalized spacial score (nSPS) is 18.7. The van der Waals surface area contributed by atoms with Gasteiger partial charge in [-0.1, -0.05) is 47.5 Å². The van der Waals surface area contributed by atoms with Crippen molar-refractivity contribution in [2.24, 2.45) is 5.92 Å². The van der Waals surface area contributed by atoms with E-state index in [-0.39, 0.29) is 40.6 Å². The molecule has 2 N–H and O–H groups in total. The number of piperidine rings is 3. The number of carboxylic acids is 1. The van der Waals surface area contributed by atoms with Crippen molar-refractivity contribution in [2.45, 2.75) is 37.8 Å². The van der Waals surface area contributed by atoms with Gasteiger partial charge in [-0.3, -0.25) is 15.0 Å². The van der Waals surface area contributed by atoms with E-state index >= 15 is 0 Å². The largest absolute Gasteiger partial charge is 0.493 e. The first-order valence-electron chi connectivity index (χ1n) is 16.2.